The lowest BCUT2D eigenvalue weighted by Crippen LogP contribution is -2.24. The standard InChI is InChI=1S/C22H25BrClN3O4/c1-2-31-19-13-15(12-17(23)21(19)29)14-26-27-20(28)10-4-3-7-11-25-22(30)16-8-5-6-9-18(16)24/h5-6,8-9,12-14,29H,2-4,7,10-11H2,1H3,(H,25,30)(H,27,28). The van der Waals surface area contributed by atoms with Crippen LogP contribution in [0.1, 0.15) is 48.5 Å². The number of nitrogens with zero attached hydrogens (tertiary/aromatic N) is 1. The van der Waals surface area contributed by atoms with Crippen molar-refractivity contribution < 1.29 is 19.4 Å². The van der Waals surface area contributed by atoms with Crippen LogP contribution in [0.4, 0.5) is 0 Å². The Balaban J connectivity index is 1.65. The maximum absolute atomic E-state index is 12.0. The zero-order valence-corrected chi connectivity index (χ0v) is 19.5. The first kappa shape index (κ1) is 24.7. The topological polar surface area (TPSA) is 100 Å². The van der Waals surface area contributed by atoms with Gasteiger partial charge in [0.1, 0.15) is 0 Å². The van der Waals surface area contributed by atoms with E-state index < -0.39 is 0 Å². The Morgan fingerprint density at radius 1 is 1.23 bits per heavy atom. The fourth-order valence-corrected chi connectivity index (χ4v) is 3.38. The van der Waals surface area contributed by atoms with E-state index in [9.17, 15) is 14.7 Å². The molecule has 0 saturated heterocycles. The first-order valence-corrected chi connectivity index (χ1v) is 11.1. The highest BCUT2D eigenvalue weighted by Gasteiger charge is 2.09. The van der Waals surface area contributed by atoms with E-state index in [2.05, 4.69) is 31.8 Å². The molecule has 2 amide bonds. The average molecular weight is 511 g/mol. The third kappa shape index (κ3) is 8.22. The van der Waals surface area contributed by atoms with Crippen molar-refractivity contribution in [3.8, 4) is 11.5 Å². The lowest BCUT2D eigenvalue weighted by molar-refractivity contribution is -0.121. The van der Waals surface area contributed by atoms with Crippen LogP contribution in [0.15, 0.2) is 46.0 Å². The van der Waals surface area contributed by atoms with E-state index in [1.165, 1.54) is 6.21 Å². The second kappa shape index (κ2) is 13.0. The Hall–Kier alpha value is -2.58. The fourth-order valence-electron chi connectivity index (χ4n) is 2.70. The minimum Gasteiger partial charge on any atom is -0.503 e. The summed E-state index contributed by atoms with van der Waals surface area (Å²) in [6.07, 6.45) is 4.05. The quantitative estimate of drug-likeness (QED) is 0.233. The van der Waals surface area contributed by atoms with Crippen LogP contribution in [-0.2, 0) is 4.79 Å². The molecule has 2 rings (SSSR count). The SMILES string of the molecule is CCOc1cc(C=NNC(=O)CCCCCNC(=O)c2ccccc2Cl)cc(Br)c1O. The molecule has 0 spiro atoms. The van der Waals surface area contributed by atoms with Crippen molar-refractivity contribution in [1.82, 2.24) is 10.7 Å². The van der Waals surface area contributed by atoms with E-state index in [0.29, 0.717) is 52.4 Å². The monoisotopic (exact) mass is 509 g/mol. The molecular weight excluding hydrogens is 486 g/mol. The molecule has 0 radical (unpaired) electrons. The molecular formula is C22H25BrClN3O4. The molecule has 0 atom stereocenters. The average Bonchev–Trinajstić information content (AvgIpc) is 2.74. The largest absolute Gasteiger partial charge is 0.503 e. The van der Waals surface area contributed by atoms with Crippen LogP contribution in [0.25, 0.3) is 0 Å². The van der Waals surface area contributed by atoms with Gasteiger partial charge in [-0.1, -0.05) is 30.2 Å². The van der Waals surface area contributed by atoms with Gasteiger partial charge in [-0.05, 0) is 65.5 Å². The van der Waals surface area contributed by atoms with Crippen LogP contribution < -0.4 is 15.5 Å². The number of rotatable bonds is 11. The summed E-state index contributed by atoms with van der Waals surface area (Å²) in [5.74, 6) is -0.0392. The lowest BCUT2D eigenvalue weighted by atomic mass is 10.1. The number of hydrogen-bond donors (Lipinski definition) is 3. The molecule has 166 valence electrons. The van der Waals surface area contributed by atoms with Gasteiger partial charge in [-0.25, -0.2) is 5.43 Å². The summed E-state index contributed by atoms with van der Waals surface area (Å²) in [7, 11) is 0. The number of phenols is 1. The number of benzene rings is 2. The number of hydrazone groups is 1. The molecule has 31 heavy (non-hydrogen) atoms. The molecule has 2 aromatic carbocycles. The molecule has 0 heterocycles. The van der Waals surface area contributed by atoms with E-state index in [-0.39, 0.29) is 17.6 Å². The molecule has 2 aromatic rings. The van der Waals surface area contributed by atoms with E-state index in [1.807, 2.05) is 6.92 Å². The van der Waals surface area contributed by atoms with E-state index >= 15 is 0 Å². The van der Waals surface area contributed by atoms with Gasteiger partial charge < -0.3 is 15.2 Å². The Bertz CT molecular complexity index is 937. The number of halogens is 2. The van der Waals surface area contributed by atoms with Crippen molar-refractivity contribution in [3.63, 3.8) is 0 Å². The highest BCUT2D eigenvalue weighted by molar-refractivity contribution is 9.10. The molecule has 9 heteroatoms. The predicted octanol–water partition coefficient (Wildman–Crippen LogP) is 4.65. The van der Waals surface area contributed by atoms with Crippen LogP contribution in [0, 0.1) is 0 Å². The van der Waals surface area contributed by atoms with Gasteiger partial charge in [0.05, 0.1) is 27.9 Å². The van der Waals surface area contributed by atoms with Crippen molar-refractivity contribution in [1.29, 1.82) is 0 Å². The minimum atomic E-state index is -0.203. The van der Waals surface area contributed by atoms with Gasteiger partial charge in [0, 0.05) is 13.0 Å². The molecule has 0 aliphatic heterocycles. The minimum absolute atomic E-state index is 0.0195. The van der Waals surface area contributed by atoms with Crippen molar-refractivity contribution in [2.45, 2.75) is 32.6 Å². The van der Waals surface area contributed by atoms with Crippen LogP contribution in [0.5, 0.6) is 11.5 Å². The summed E-state index contributed by atoms with van der Waals surface area (Å²) < 4.78 is 5.83. The number of aromatic hydroxyl groups is 1. The molecule has 0 unspecified atom stereocenters. The van der Waals surface area contributed by atoms with E-state index in [0.717, 1.165) is 12.8 Å². The van der Waals surface area contributed by atoms with Crippen LogP contribution >= 0.6 is 27.5 Å². The van der Waals surface area contributed by atoms with Gasteiger partial charge in [0.25, 0.3) is 5.91 Å². The zero-order chi connectivity index (χ0) is 22.6. The lowest BCUT2D eigenvalue weighted by Gasteiger charge is -2.08. The second-order valence-corrected chi connectivity index (χ2v) is 7.88. The van der Waals surface area contributed by atoms with Gasteiger partial charge in [-0.2, -0.15) is 5.10 Å². The van der Waals surface area contributed by atoms with Gasteiger partial charge in [-0.3, -0.25) is 9.59 Å². The van der Waals surface area contributed by atoms with Crippen molar-refractivity contribution >= 4 is 45.6 Å². The molecule has 0 saturated carbocycles. The third-order valence-electron chi connectivity index (χ3n) is 4.24. The number of amides is 2. The highest BCUT2D eigenvalue weighted by atomic mass is 79.9. The normalized spacial score (nSPS) is 10.8. The summed E-state index contributed by atoms with van der Waals surface area (Å²) in [4.78, 5) is 23.9. The zero-order valence-electron chi connectivity index (χ0n) is 17.2. The molecule has 0 bridgehead atoms. The Kier molecular flexibility index (Phi) is 10.3. The molecule has 0 aromatic heterocycles. The smallest absolute Gasteiger partial charge is 0.252 e. The van der Waals surface area contributed by atoms with E-state index in [4.69, 9.17) is 16.3 Å². The van der Waals surface area contributed by atoms with E-state index in [1.54, 1.807) is 36.4 Å². The predicted molar refractivity (Wildman–Crippen MR) is 125 cm³/mol. The molecule has 0 aliphatic rings. The summed E-state index contributed by atoms with van der Waals surface area (Å²) in [6.45, 7) is 2.75. The number of hydrogen-bond acceptors (Lipinski definition) is 5. The molecule has 0 fully saturated rings. The Morgan fingerprint density at radius 2 is 2.00 bits per heavy atom. The Morgan fingerprint density at radius 3 is 2.74 bits per heavy atom. The number of nitrogens with one attached hydrogen (secondary N) is 2. The second-order valence-electron chi connectivity index (χ2n) is 6.62. The van der Waals surface area contributed by atoms with Crippen LogP contribution in [0.2, 0.25) is 5.02 Å². The van der Waals surface area contributed by atoms with Crippen molar-refractivity contribution in [2.75, 3.05) is 13.2 Å². The maximum atomic E-state index is 12.0. The number of carbonyl (C=O) groups is 2. The molecule has 3 N–H and O–H groups in total. The van der Waals surface area contributed by atoms with Crippen molar-refractivity contribution in [2.24, 2.45) is 5.10 Å². The van der Waals surface area contributed by atoms with Gasteiger partial charge >= 0.3 is 0 Å². The van der Waals surface area contributed by atoms with Crippen LogP contribution in [-0.4, -0.2) is 36.3 Å². The summed E-state index contributed by atoms with van der Waals surface area (Å²) in [5, 5.41) is 17.1. The number of unbranched alkanes of at least 4 members (excludes halogenated alkanes) is 2. The fraction of sp³-hybridized carbons (Fsp3) is 0.318. The summed E-state index contributed by atoms with van der Waals surface area (Å²) >= 11 is 9.25. The maximum Gasteiger partial charge on any atom is 0.252 e. The van der Waals surface area contributed by atoms with Gasteiger partial charge in [0.2, 0.25) is 5.91 Å². The third-order valence-corrected chi connectivity index (χ3v) is 5.17. The summed E-state index contributed by atoms with van der Waals surface area (Å²) in [5.41, 5.74) is 3.60. The summed E-state index contributed by atoms with van der Waals surface area (Å²) in [6, 6.07) is 10.2. The molecule has 7 nitrogen and oxygen atoms in total. The number of ether oxygens (including phenoxy) is 1. The highest BCUT2D eigenvalue weighted by Crippen LogP contribution is 2.35. The van der Waals surface area contributed by atoms with Gasteiger partial charge in [-0.15, -0.1) is 0 Å². The van der Waals surface area contributed by atoms with Gasteiger partial charge in [0.15, 0.2) is 11.5 Å². The number of carbonyl (C=O) groups excluding carboxylic acids is 2. The molecule has 0 aliphatic carbocycles. The number of phenolic OH excluding ortho intramolecular Hbond substituents is 1. The first-order valence-electron chi connectivity index (χ1n) is 9.92. The Labute approximate surface area is 195 Å². The van der Waals surface area contributed by atoms with Crippen LogP contribution in [0.3, 0.4) is 0 Å². The first-order chi connectivity index (χ1) is 14.9. The van der Waals surface area contributed by atoms with Crippen molar-refractivity contribution in [3.05, 3.63) is 57.0 Å².